The van der Waals surface area contributed by atoms with Gasteiger partial charge in [0, 0.05) is 6.42 Å². The molecule has 0 radical (unpaired) electrons. The third-order valence-corrected chi connectivity index (χ3v) is 4.86. The fourth-order valence-corrected chi connectivity index (χ4v) is 3.59. The zero-order valence-corrected chi connectivity index (χ0v) is 15.4. The Morgan fingerprint density at radius 2 is 2.08 bits per heavy atom. The molecule has 11 heteroatoms. The number of nitrogens with two attached hydrogens (primary N) is 1. The number of aryl methyl sites for hydroxylation is 1. The minimum Gasteiger partial charge on any atom is -0.772 e. The molecule has 1 unspecified atom stereocenters. The van der Waals surface area contributed by atoms with Crippen molar-refractivity contribution in [3.63, 3.8) is 0 Å². The van der Waals surface area contributed by atoms with Crippen LogP contribution in [-0.2, 0) is 15.9 Å². The molecule has 3 rings (SSSR count). The number of amidine groups is 1. The molecular weight excluding hydrogens is 358 g/mol. The summed E-state index contributed by atoms with van der Waals surface area (Å²) >= 11 is -2.31. The summed E-state index contributed by atoms with van der Waals surface area (Å²) < 4.78 is 22.7. The zero-order valence-electron chi connectivity index (χ0n) is 14.6. The SMILES string of the molecule is Cc1cnc(N2C(CS(=O)[O-])=NN(C3CCCC3)N2CCC(N)=O)cn1. The first-order chi connectivity index (χ1) is 12.5. The molecule has 1 aliphatic carbocycles. The van der Waals surface area contributed by atoms with E-state index in [1.165, 1.54) is 0 Å². The summed E-state index contributed by atoms with van der Waals surface area (Å²) in [7, 11) is 0. The zero-order chi connectivity index (χ0) is 18.7. The van der Waals surface area contributed by atoms with E-state index < -0.39 is 17.0 Å². The molecule has 142 valence electrons. The van der Waals surface area contributed by atoms with Crippen molar-refractivity contribution in [2.24, 2.45) is 10.8 Å². The van der Waals surface area contributed by atoms with E-state index in [9.17, 15) is 13.6 Å². The molecule has 10 nitrogen and oxygen atoms in total. The van der Waals surface area contributed by atoms with Gasteiger partial charge in [0.1, 0.15) is 0 Å². The first kappa shape index (κ1) is 18.7. The Hall–Kier alpha value is -2.11. The lowest BCUT2D eigenvalue weighted by atomic mass is 10.3. The molecule has 2 N–H and O–H groups in total. The molecule has 2 aliphatic rings. The molecule has 2 heterocycles. The third kappa shape index (κ3) is 4.17. The van der Waals surface area contributed by atoms with Crippen molar-refractivity contribution in [1.29, 1.82) is 0 Å². The molecule has 0 aromatic carbocycles. The Bertz CT molecular complexity index is 706. The molecular formula is C15H22N7O3S-. The molecule has 1 fully saturated rings. The number of aromatic nitrogens is 2. The Labute approximate surface area is 154 Å². The van der Waals surface area contributed by atoms with Crippen LogP contribution in [0.4, 0.5) is 5.82 Å². The molecule has 1 aliphatic heterocycles. The smallest absolute Gasteiger partial charge is 0.218 e. The van der Waals surface area contributed by atoms with Gasteiger partial charge in [0.25, 0.3) is 0 Å². The number of hydrazine groups is 2. The number of hydrazone groups is 1. The highest BCUT2D eigenvalue weighted by Crippen LogP contribution is 2.31. The van der Waals surface area contributed by atoms with E-state index in [1.807, 2.05) is 6.92 Å². The monoisotopic (exact) mass is 380 g/mol. The minimum absolute atomic E-state index is 0.113. The number of rotatable bonds is 7. The second kappa shape index (κ2) is 8.06. The van der Waals surface area contributed by atoms with Gasteiger partial charge in [-0.05, 0) is 30.8 Å². The van der Waals surface area contributed by atoms with Crippen LogP contribution in [0.1, 0.15) is 37.8 Å². The van der Waals surface area contributed by atoms with E-state index in [1.54, 1.807) is 27.6 Å². The molecule has 1 amide bonds. The maximum atomic E-state index is 11.3. The molecule has 0 saturated heterocycles. The van der Waals surface area contributed by atoms with Crippen LogP contribution in [0.3, 0.4) is 0 Å². The first-order valence-corrected chi connectivity index (χ1v) is 9.77. The van der Waals surface area contributed by atoms with Crippen molar-refractivity contribution in [1.82, 2.24) is 20.2 Å². The number of anilines is 1. The van der Waals surface area contributed by atoms with E-state index in [-0.39, 0.29) is 24.8 Å². The lowest BCUT2D eigenvalue weighted by Crippen LogP contribution is -2.52. The second-order valence-electron chi connectivity index (χ2n) is 6.36. The van der Waals surface area contributed by atoms with Crippen molar-refractivity contribution < 1.29 is 13.6 Å². The molecule has 0 spiro atoms. The number of amides is 1. The van der Waals surface area contributed by atoms with E-state index in [0.29, 0.717) is 11.7 Å². The lowest BCUT2D eigenvalue weighted by Gasteiger charge is -2.36. The van der Waals surface area contributed by atoms with Crippen LogP contribution in [0.15, 0.2) is 17.5 Å². The Kier molecular flexibility index (Phi) is 5.79. The highest BCUT2D eigenvalue weighted by Gasteiger charge is 2.38. The Balaban J connectivity index is 1.95. The number of hydrogen-bond acceptors (Lipinski definition) is 9. The normalized spacial score (nSPS) is 19.8. The topological polar surface area (TPSA) is 131 Å². The van der Waals surface area contributed by atoms with Gasteiger partial charge in [0.2, 0.25) is 5.91 Å². The summed E-state index contributed by atoms with van der Waals surface area (Å²) in [5, 5.41) is 9.68. The quantitative estimate of drug-likeness (QED) is 0.657. The van der Waals surface area contributed by atoms with Crippen molar-refractivity contribution in [2.45, 2.75) is 45.1 Å². The standard InChI is InChI=1S/C15H23N7O3S/c1-11-8-18-14(9-17-11)21-15(10-26(24)25)19-22(12-4-2-3-5-12)20(21)7-6-13(16)23/h8-9,12H,2-7,10H2,1H3,(H2,16,23)(H,24,25)/p-1. The largest absolute Gasteiger partial charge is 0.772 e. The van der Waals surface area contributed by atoms with Gasteiger partial charge < -0.3 is 10.3 Å². The second-order valence-corrected chi connectivity index (χ2v) is 7.26. The maximum Gasteiger partial charge on any atom is 0.218 e. The predicted molar refractivity (Wildman–Crippen MR) is 95.1 cm³/mol. The number of carbonyl (C=O) groups is 1. The number of primary amides is 1. The van der Waals surface area contributed by atoms with Crippen molar-refractivity contribution in [2.75, 3.05) is 17.3 Å². The van der Waals surface area contributed by atoms with Gasteiger partial charge in [-0.25, -0.2) is 15.1 Å². The highest BCUT2D eigenvalue weighted by atomic mass is 32.2. The third-order valence-electron chi connectivity index (χ3n) is 4.37. The van der Waals surface area contributed by atoms with Crippen molar-refractivity contribution in [3.8, 4) is 0 Å². The predicted octanol–water partition coefficient (Wildman–Crippen LogP) is 0.0496. The molecule has 1 saturated carbocycles. The Morgan fingerprint density at radius 3 is 2.65 bits per heavy atom. The van der Waals surface area contributed by atoms with Crippen LogP contribution in [-0.4, -0.2) is 59.0 Å². The van der Waals surface area contributed by atoms with Crippen LogP contribution >= 0.6 is 0 Å². The summed E-state index contributed by atoms with van der Waals surface area (Å²) in [5.74, 6) is 0.0797. The van der Waals surface area contributed by atoms with Gasteiger partial charge in [-0.3, -0.25) is 14.0 Å². The van der Waals surface area contributed by atoms with Gasteiger partial charge >= 0.3 is 0 Å². The van der Waals surface area contributed by atoms with E-state index in [2.05, 4.69) is 15.1 Å². The van der Waals surface area contributed by atoms with Gasteiger partial charge in [-0.15, -0.1) is 10.2 Å². The fraction of sp³-hybridized carbons (Fsp3) is 0.600. The number of nitrogens with zero attached hydrogens (tertiary/aromatic N) is 6. The van der Waals surface area contributed by atoms with E-state index in [0.717, 1.165) is 31.4 Å². The molecule has 0 bridgehead atoms. The van der Waals surface area contributed by atoms with Crippen LogP contribution in [0.5, 0.6) is 0 Å². The molecule has 1 aromatic heterocycles. The summed E-state index contributed by atoms with van der Waals surface area (Å²) in [6.45, 7) is 2.10. The average molecular weight is 380 g/mol. The summed E-state index contributed by atoms with van der Waals surface area (Å²) in [4.78, 5) is 19.9. The van der Waals surface area contributed by atoms with Crippen LogP contribution in [0.2, 0.25) is 0 Å². The summed E-state index contributed by atoms with van der Waals surface area (Å²) in [6.07, 6.45) is 7.37. The van der Waals surface area contributed by atoms with Gasteiger partial charge in [-0.2, -0.15) is 0 Å². The summed E-state index contributed by atoms with van der Waals surface area (Å²) in [6, 6.07) is 0.154. The van der Waals surface area contributed by atoms with E-state index in [4.69, 9.17) is 5.73 Å². The Morgan fingerprint density at radius 1 is 1.35 bits per heavy atom. The molecule has 26 heavy (non-hydrogen) atoms. The molecule has 1 atom stereocenters. The number of carbonyl (C=O) groups excluding carboxylic acids is 1. The summed E-state index contributed by atoms with van der Waals surface area (Å²) in [5.41, 5.74) is 6.07. The highest BCUT2D eigenvalue weighted by molar-refractivity contribution is 7.79. The van der Waals surface area contributed by atoms with Crippen molar-refractivity contribution in [3.05, 3.63) is 18.1 Å². The minimum atomic E-state index is -2.31. The first-order valence-electron chi connectivity index (χ1n) is 8.52. The maximum absolute atomic E-state index is 11.3. The van der Waals surface area contributed by atoms with Crippen LogP contribution < -0.4 is 10.7 Å². The average Bonchev–Trinajstić information content (AvgIpc) is 3.21. The fourth-order valence-electron chi connectivity index (χ4n) is 3.20. The van der Waals surface area contributed by atoms with Crippen LogP contribution in [0.25, 0.3) is 0 Å². The number of hydrogen-bond donors (Lipinski definition) is 1. The van der Waals surface area contributed by atoms with Gasteiger partial charge in [0.05, 0.1) is 36.4 Å². The van der Waals surface area contributed by atoms with E-state index >= 15 is 0 Å². The van der Waals surface area contributed by atoms with Crippen LogP contribution in [0, 0.1) is 6.92 Å². The van der Waals surface area contributed by atoms with Gasteiger partial charge in [-0.1, -0.05) is 12.8 Å². The van der Waals surface area contributed by atoms with Gasteiger partial charge in [0.15, 0.2) is 11.7 Å². The lowest BCUT2D eigenvalue weighted by molar-refractivity contribution is -0.120. The van der Waals surface area contributed by atoms with Crippen molar-refractivity contribution >= 4 is 28.6 Å². The molecule has 1 aromatic rings.